The van der Waals surface area contributed by atoms with Crippen molar-refractivity contribution < 1.29 is 0 Å². The third-order valence-corrected chi connectivity index (χ3v) is 0.230. The molecule has 6 heavy (non-hydrogen) atoms. The average molecular weight is 83.1 g/mol. The molecule has 32 valence electrons. The highest BCUT2D eigenvalue weighted by atomic mass is 15.3. The van der Waals surface area contributed by atoms with E-state index in [0.29, 0.717) is 0 Å². The van der Waals surface area contributed by atoms with Gasteiger partial charge in [0.2, 0.25) is 0 Å². The Hall–Kier alpha value is -1.17. The third kappa shape index (κ3) is 2.83. The van der Waals surface area contributed by atoms with Crippen molar-refractivity contribution in [1.82, 2.24) is 10.9 Å². The summed E-state index contributed by atoms with van der Waals surface area (Å²) in [5.74, 6) is 0. The van der Waals surface area contributed by atoms with Gasteiger partial charge in [0.05, 0.1) is 0 Å². The van der Waals surface area contributed by atoms with Gasteiger partial charge in [-0.05, 0) is 0 Å². The molecule has 3 nitrogen and oxygen atoms in total. The molecule has 0 spiro atoms. The molecule has 0 amide bonds. The molecule has 0 heterocycles. The molecule has 2 N–H and O–H groups in total. The van der Waals surface area contributed by atoms with E-state index in [9.17, 15) is 0 Å². The minimum atomic E-state index is 1.38. The number of nitriles is 1. The summed E-state index contributed by atoms with van der Waals surface area (Å²) in [5, 5.41) is 7.73. The number of hydrogen-bond acceptors (Lipinski definition) is 3. The van der Waals surface area contributed by atoms with Crippen molar-refractivity contribution in [3.63, 3.8) is 0 Å². The summed E-state index contributed by atoms with van der Waals surface area (Å²) >= 11 is 0. The fourth-order valence-electron chi connectivity index (χ4n) is 0.0833. The van der Waals surface area contributed by atoms with E-state index >= 15 is 0 Å². The van der Waals surface area contributed by atoms with Crippen molar-refractivity contribution in [3.05, 3.63) is 12.8 Å². The minimum Gasteiger partial charge on any atom is -0.300 e. The van der Waals surface area contributed by atoms with Crippen LogP contribution in [0.25, 0.3) is 0 Å². The van der Waals surface area contributed by atoms with Crippen LogP contribution in [0.15, 0.2) is 12.8 Å². The standard InChI is InChI=1S/C3H5N3/c1-2-5-6-3-4/h2,5-6H,1H2. The molecule has 0 aliphatic carbocycles. The smallest absolute Gasteiger partial charge is 0.197 e. The second-order valence-electron chi connectivity index (χ2n) is 0.585. The summed E-state index contributed by atoms with van der Waals surface area (Å²) in [5.41, 5.74) is 4.49. The summed E-state index contributed by atoms with van der Waals surface area (Å²) < 4.78 is 0. The van der Waals surface area contributed by atoms with E-state index in [4.69, 9.17) is 5.26 Å². The van der Waals surface area contributed by atoms with E-state index in [2.05, 4.69) is 17.4 Å². The first-order chi connectivity index (χ1) is 2.91. The van der Waals surface area contributed by atoms with Crippen molar-refractivity contribution in [3.8, 4) is 6.19 Å². The van der Waals surface area contributed by atoms with Crippen LogP contribution >= 0.6 is 0 Å². The zero-order valence-electron chi connectivity index (χ0n) is 3.23. The summed E-state index contributed by atoms with van der Waals surface area (Å²) in [7, 11) is 0. The third-order valence-electron chi connectivity index (χ3n) is 0.230. The topological polar surface area (TPSA) is 47.8 Å². The quantitative estimate of drug-likeness (QED) is 0.208. The van der Waals surface area contributed by atoms with Crippen molar-refractivity contribution in [2.75, 3.05) is 0 Å². The highest BCUT2D eigenvalue weighted by molar-refractivity contribution is 4.66. The van der Waals surface area contributed by atoms with E-state index in [-0.39, 0.29) is 0 Å². The summed E-state index contributed by atoms with van der Waals surface area (Å²) in [6.07, 6.45) is 3.01. The number of hydrazine groups is 1. The van der Waals surface area contributed by atoms with Crippen LogP contribution in [0.5, 0.6) is 0 Å². The van der Waals surface area contributed by atoms with Crippen molar-refractivity contribution in [1.29, 1.82) is 5.26 Å². The van der Waals surface area contributed by atoms with E-state index in [1.165, 1.54) is 6.20 Å². The van der Waals surface area contributed by atoms with Gasteiger partial charge in [-0.3, -0.25) is 0 Å². The maximum Gasteiger partial charge on any atom is 0.197 e. The molecular formula is C3H5N3. The Kier molecular flexibility index (Phi) is 3.08. The molecule has 0 aromatic rings. The molecule has 0 saturated heterocycles. The van der Waals surface area contributed by atoms with Gasteiger partial charge in [-0.15, -0.1) is 0 Å². The monoisotopic (exact) mass is 83.0 g/mol. The lowest BCUT2D eigenvalue weighted by molar-refractivity contribution is 0.794. The van der Waals surface area contributed by atoms with Crippen molar-refractivity contribution in [2.24, 2.45) is 0 Å². The van der Waals surface area contributed by atoms with Crippen LogP contribution in [-0.4, -0.2) is 0 Å². The predicted molar refractivity (Wildman–Crippen MR) is 22.1 cm³/mol. The number of hydrogen-bond donors (Lipinski definition) is 2. The minimum absolute atomic E-state index is 1.38. The molecule has 0 unspecified atom stereocenters. The Morgan fingerprint density at radius 3 is 2.67 bits per heavy atom. The zero-order chi connectivity index (χ0) is 4.83. The van der Waals surface area contributed by atoms with Gasteiger partial charge in [0.1, 0.15) is 0 Å². The Bertz CT molecular complexity index is 70.6. The molecule has 0 rings (SSSR count). The fourth-order valence-corrected chi connectivity index (χ4v) is 0.0833. The first kappa shape index (κ1) is 4.83. The Morgan fingerprint density at radius 1 is 1.83 bits per heavy atom. The highest BCUT2D eigenvalue weighted by Gasteiger charge is 1.56. The first-order valence-electron chi connectivity index (χ1n) is 1.42. The van der Waals surface area contributed by atoms with Crippen LogP contribution < -0.4 is 10.9 Å². The van der Waals surface area contributed by atoms with E-state index < -0.39 is 0 Å². The lowest BCUT2D eigenvalue weighted by Crippen LogP contribution is -2.19. The zero-order valence-corrected chi connectivity index (χ0v) is 3.23. The van der Waals surface area contributed by atoms with E-state index in [1.807, 2.05) is 0 Å². The van der Waals surface area contributed by atoms with Crippen LogP contribution in [0.3, 0.4) is 0 Å². The first-order valence-corrected chi connectivity index (χ1v) is 1.42. The molecule has 0 radical (unpaired) electrons. The van der Waals surface area contributed by atoms with Crippen LogP contribution in [0, 0.1) is 11.5 Å². The Balaban J connectivity index is 2.72. The second kappa shape index (κ2) is 3.83. The largest absolute Gasteiger partial charge is 0.300 e. The number of nitrogens with one attached hydrogen (secondary N) is 2. The fraction of sp³-hybridized carbons (Fsp3) is 0. The number of rotatable bonds is 2. The molecule has 0 atom stereocenters. The average Bonchev–Trinajstić information content (AvgIpc) is 1.61. The van der Waals surface area contributed by atoms with Crippen molar-refractivity contribution in [2.45, 2.75) is 0 Å². The van der Waals surface area contributed by atoms with Gasteiger partial charge < -0.3 is 5.43 Å². The predicted octanol–water partition coefficient (Wildman–Crippen LogP) is -0.295. The normalized spacial score (nSPS) is 5.17. The number of nitrogens with zero attached hydrogens (tertiary/aromatic N) is 1. The Labute approximate surface area is 36.2 Å². The maximum absolute atomic E-state index is 7.73. The molecular weight excluding hydrogens is 78.1 g/mol. The van der Waals surface area contributed by atoms with Gasteiger partial charge in [0.25, 0.3) is 0 Å². The molecule has 0 aromatic heterocycles. The lowest BCUT2D eigenvalue weighted by atomic mass is 11.1. The molecule has 3 heteroatoms. The van der Waals surface area contributed by atoms with Crippen LogP contribution in [0.2, 0.25) is 0 Å². The summed E-state index contributed by atoms with van der Waals surface area (Å²) in [6, 6.07) is 0. The van der Waals surface area contributed by atoms with Gasteiger partial charge in [-0.1, -0.05) is 6.58 Å². The van der Waals surface area contributed by atoms with Gasteiger partial charge in [-0.25, -0.2) is 5.43 Å². The van der Waals surface area contributed by atoms with Gasteiger partial charge in [0.15, 0.2) is 6.19 Å². The van der Waals surface area contributed by atoms with Crippen molar-refractivity contribution >= 4 is 0 Å². The summed E-state index contributed by atoms with van der Waals surface area (Å²) in [6.45, 7) is 3.27. The molecule has 0 saturated carbocycles. The second-order valence-corrected chi connectivity index (χ2v) is 0.585. The molecule has 0 aliphatic rings. The van der Waals surface area contributed by atoms with E-state index in [0.717, 1.165) is 0 Å². The van der Waals surface area contributed by atoms with Gasteiger partial charge in [-0.2, -0.15) is 5.26 Å². The maximum atomic E-state index is 7.73. The highest BCUT2D eigenvalue weighted by Crippen LogP contribution is 1.37. The van der Waals surface area contributed by atoms with Crippen LogP contribution in [-0.2, 0) is 0 Å². The molecule has 0 fully saturated rings. The Morgan fingerprint density at radius 2 is 2.50 bits per heavy atom. The molecule has 0 aromatic carbocycles. The van der Waals surface area contributed by atoms with Crippen LogP contribution in [0.1, 0.15) is 0 Å². The molecule has 0 aliphatic heterocycles. The lowest BCUT2D eigenvalue weighted by Gasteiger charge is -1.86. The van der Waals surface area contributed by atoms with Crippen LogP contribution in [0.4, 0.5) is 0 Å². The van der Waals surface area contributed by atoms with E-state index in [1.54, 1.807) is 6.19 Å². The van der Waals surface area contributed by atoms with Gasteiger partial charge >= 0.3 is 0 Å². The summed E-state index contributed by atoms with van der Waals surface area (Å²) in [4.78, 5) is 0. The van der Waals surface area contributed by atoms with Gasteiger partial charge in [0, 0.05) is 6.20 Å². The molecule has 0 bridgehead atoms. The SMILES string of the molecule is C=CNNC#N.